The summed E-state index contributed by atoms with van der Waals surface area (Å²) in [5, 5.41) is 10.3. The lowest BCUT2D eigenvalue weighted by molar-refractivity contribution is 0.0160. The van der Waals surface area contributed by atoms with Gasteiger partial charge in [-0.15, -0.1) is 0 Å². The van der Waals surface area contributed by atoms with Gasteiger partial charge in [-0.1, -0.05) is 6.92 Å². The summed E-state index contributed by atoms with van der Waals surface area (Å²) in [5.74, 6) is -1.05. The van der Waals surface area contributed by atoms with Gasteiger partial charge in [0, 0.05) is 30.7 Å². The van der Waals surface area contributed by atoms with Crippen LogP contribution in [0.4, 0.5) is 8.78 Å². The second kappa shape index (κ2) is 7.46. The predicted octanol–water partition coefficient (Wildman–Crippen LogP) is 3.34. The summed E-state index contributed by atoms with van der Waals surface area (Å²) in [6.45, 7) is 6.83. The zero-order valence-corrected chi connectivity index (χ0v) is 14.5. The molecule has 2 saturated heterocycles. The van der Waals surface area contributed by atoms with Crippen molar-refractivity contribution in [3.8, 4) is 0 Å². The minimum atomic E-state index is -0.985. The first-order valence-electron chi connectivity index (χ1n) is 9.14. The lowest BCUT2D eigenvalue weighted by Crippen LogP contribution is -2.54. The van der Waals surface area contributed by atoms with E-state index in [9.17, 15) is 13.9 Å². The molecule has 2 heterocycles. The van der Waals surface area contributed by atoms with Gasteiger partial charge in [0.05, 0.1) is 6.10 Å². The molecular formula is C19H28F2N2O. The fourth-order valence-corrected chi connectivity index (χ4v) is 4.35. The van der Waals surface area contributed by atoms with Gasteiger partial charge in [0.25, 0.3) is 0 Å². The van der Waals surface area contributed by atoms with Crippen LogP contribution in [0.3, 0.4) is 0 Å². The molecule has 134 valence electrons. The molecule has 1 aromatic carbocycles. The van der Waals surface area contributed by atoms with Crippen molar-refractivity contribution in [1.82, 2.24) is 9.80 Å². The number of halogens is 2. The molecule has 0 radical (unpaired) electrons. The van der Waals surface area contributed by atoms with Gasteiger partial charge in [0.2, 0.25) is 0 Å². The number of aliphatic hydroxyl groups is 1. The maximum atomic E-state index is 13.8. The summed E-state index contributed by atoms with van der Waals surface area (Å²) in [5.41, 5.74) is 0.351. The standard InChI is InChI=1S/C19H28F2N2O/c1-2-19(23-9-3-4-10-23)7-11-22(12-8-19)14-18(24)16-13-15(20)5-6-17(16)21/h5-6,13,18,24H,2-4,7-12,14H2,1H3. The van der Waals surface area contributed by atoms with E-state index >= 15 is 0 Å². The average Bonchev–Trinajstić information content (AvgIpc) is 3.13. The molecule has 0 aliphatic carbocycles. The van der Waals surface area contributed by atoms with Crippen LogP contribution in [0.25, 0.3) is 0 Å². The summed E-state index contributed by atoms with van der Waals surface area (Å²) in [6.07, 6.45) is 4.93. The quantitative estimate of drug-likeness (QED) is 0.892. The van der Waals surface area contributed by atoms with Crippen LogP contribution in [0, 0.1) is 11.6 Å². The van der Waals surface area contributed by atoms with Gasteiger partial charge in [-0.05, 0) is 63.4 Å². The Kier molecular flexibility index (Phi) is 5.52. The fourth-order valence-electron chi connectivity index (χ4n) is 4.35. The molecule has 0 spiro atoms. The summed E-state index contributed by atoms with van der Waals surface area (Å²) >= 11 is 0. The van der Waals surface area contributed by atoms with Crippen molar-refractivity contribution in [3.05, 3.63) is 35.4 Å². The average molecular weight is 338 g/mol. The number of benzene rings is 1. The normalized spacial score (nSPS) is 23.5. The topological polar surface area (TPSA) is 26.7 Å². The molecule has 0 aromatic heterocycles. The van der Waals surface area contributed by atoms with Crippen LogP contribution in [-0.4, -0.2) is 53.2 Å². The van der Waals surface area contributed by atoms with Gasteiger partial charge >= 0.3 is 0 Å². The summed E-state index contributed by atoms with van der Waals surface area (Å²) in [4.78, 5) is 4.83. The zero-order valence-electron chi connectivity index (χ0n) is 14.5. The third-order valence-corrected chi connectivity index (χ3v) is 5.97. The number of hydrogen-bond acceptors (Lipinski definition) is 3. The van der Waals surface area contributed by atoms with Gasteiger partial charge < -0.3 is 10.0 Å². The second-order valence-corrected chi connectivity index (χ2v) is 7.25. The van der Waals surface area contributed by atoms with Crippen LogP contribution in [0.5, 0.6) is 0 Å². The molecule has 1 aromatic rings. The first-order valence-corrected chi connectivity index (χ1v) is 9.14. The van der Waals surface area contributed by atoms with Crippen LogP contribution in [-0.2, 0) is 0 Å². The van der Waals surface area contributed by atoms with Crippen LogP contribution < -0.4 is 0 Å². The maximum Gasteiger partial charge on any atom is 0.129 e. The predicted molar refractivity (Wildman–Crippen MR) is 90.8 cm³/mol. The number of β-amino-alcohol motifs (C(OH)–C–C–N with tert-alkyl or cyclic N) is 1. The minimum absolute atomic E-state index is 0.0573. The molecule has 1 N–H and O–H groups in total. The van der Waals surface area contributed by atoms with Crippen molar-refractivity contribution < 1.29 is 13.9 Å². The van der Waals surface area contributed by atoms with Crippen molar-refractivity contribution in [1.29, 1.82) is 0 Å². The first kappa shape index (κ1) is 17.8. The van der Waals surface area contributed by atoms with Crippen molar-refractivity contribution in [2.24, 2.45) is 0 Å². The highest BCUT2D eigenvalue weighted by atomic mass is 19.1. The lowest BCUT2D eigenvalue weighted by Gasteiger charge is -2.47. The van der Waals surface area contributed by atoms with E-state index in [4.69, 9.17) is 0 Å². The molecule has 24 heavy (non-hydrogen) atoms. The van der Waals surface area contributed by atoms with Crippen LogP contribution >= 0.6 is 0 Å². The molecule has 0 amide bonds. The highest BCUT2D eigenvalue weighted by Gasteiger charge is 2.39. The van der Waals surface area contributed by atoms with E-state index in [0.29, 0.717) is 12.1 Å². The van der Waals surface area contributed by atoms with Gasteiger partial charge in [0.15, 0.2) is 0 Å². The molecule has 5 heteroatoms. The molecule has 2 fully saturated rings. The summed E-state index contributed by atoms with van der Waals surface area (Å²) in [6, 6.07) is 3.27. The van der Waals surface area contributed by atoms with Crippen molar-refractivity contribution in [2.45, 2.75) is 50.7 Å². The molecule has 2 aliphatic heterocycles. The van der Waals surface area contributed by atoms with Crippen LogP contribution in [0.15, 0.2) is 18.2 Å². The monoisotopic (exact) mass is 338 g/mol. The van der Waals surface area contributed by atoms with E-state index in [0.717, 1.165) is 50.6 Å². The van der Waals surface area contributed by atoms with E-state index in [2.05, 4.69) is 16.7 Å². The Hall–Kier alpha value is -1.04. The molecular weight excluding hydrogens is 310 g/mol. The fraction of sp³-hybridized carbons (Fsp3) is 0.684. The molecule has 0 bridgehead atoms. The minimum Gasteiger partial charge on any atom is -0.387 e. The van der Waals surface area contributed by atoms with E-state index < -0.39 is 17.7 Å². The van der Waals surface area contributed by atoms with E-state index in [1.165, 1.54) is 25.9 Å². The first-order chi connectivity index (χ1) is 11.5. The maximum absolute atomic E-state index is 13.8. The number of likely N-dealkylation sites (tertiary alicyclic amines) is 2. The third kappa shape index (κ3) is 3.63. The van der Waals surface area contributed by atoms with Crippen molar-refractivity contribution >= 4 is 0 Å². The highest BCUT2D eigenvalue weighted by molar-refractivity contribution is 5.21. The summed E-state index contributed by atoms with van der Waals surface area (Å²) in [7, 11) is 0. The molecule has 3 nitrogen and oxygen atoms in total. The van der Waals surface area contributed by atoms with E-state index in [1.54, 1.807) is 0 Å². The number of hydrogen-bond donors (Lipinski definition) is 1. The second-order valence-electron chi connectivity index (χ2n) is 7.25. The van der Waals surface area contributed by atoms with Gasteiger partial charge in [-0.3, -0.25) is 4.90 Å². The van der Waals surface area contributed by atoms with Gasteiger partial charge in [-0.2, -0.15) is 0 Å². The lowest BCUT2D eigenvalue weighted by atomic mass is 9.83. The van der Waals surface area contributed by atoms with E-state index in [1.807, 2.05) is 0 Å². The van der Waals surface area contributed by atoms with Crippen molar-refractivity contribution in [3.63, 3.8) is 0 Å². The Morgan fingerprint density at radius 2 is 1.79 bits per heavy atom. The molecule has 1 unspecified atom stereocenters. The Labute approximate surface area is 143 Å². The number of aliphatic hydroxyl groups excluding tert-OH is 1. The largest absolute Gasteiger partial charge is 0.387 e. The Bertz CT molecular complexity index is 552. The Morgan fingerprint density at radius 1 is 1.12 bits per heavy atom. The van der Waals surface area contributed by atoms with Crippen LogP contribution in [0.2, 0.25) is 0 Å². The smallest absolute Gasteiger partial charge is 0.129 e. The highest BCUT2D eigenvalue weighted by Crippen LogP contribution is 2.35. The molecule has 1 atom stereocenters. The molecule has 3 rings (SSSR count). The molecule has 2 aliphatic rings. The van der Waals surface area contributed by atoms with Gasteiger partial charge in [0.1, 0.15) is 11.6 Å². The van der Waals surface area contributed by atoms with E-state index in [-0.39, 0.29) is 5.56 Å². The van der Waals surface area contributed by atoms with Crippen molar-refractivity contribution in [2.75, 3.05) is 32.7 Å². The van der Waals surface area contributed by atoms with Crippen LogP contribution in [0.1, 0.15) is 50.7 Å². The Morgan fingerprint density at radius 3 is 2.42 bits per heavy atom. The Balaban J connectivity index is 1.59. The third-order valence-electron chi connectivity index (χ3n) is 5.97. The molecule has 0 saturated carbocycles. The van der Waals surface area contributed by atoms with Gasteiger partial charge in [-0.25, -0.2) is 8.78 Å². The summed E-state index contributed by atoms with van der Waals surface area (Å²) < 4.78 is 27.1. The SMILES string of the molecule is CCC1(N2CCCC2)CCN(CC(O)c2cc(F)ccc2F)CC1. The number of piperidine rings is 1. The number of nitrogens with zero attached hydrogens (tertiary/aromatic N) is 2. The number of rotatable bonds is 5. The zero-order chi connectivity index (χ0) is 17.2.